The van der Waals surface area contributed by atoms with Gasteiger partial charge in [0.1, 0.15) is 11.4 Å². The van der Waals surface area contributed by atoms with E-state index in [1.807, 2.05) is 54.9 Å². The number of benzene rings is 2. The van der Waals surface area contributed by atoms with Crippen molar-refractivity contribution < 1.29 is 9.53 Å². The van der Waals surface area contributed by atoms with Crippen molar-refractivity contribution in [3.05, 3.63) is 64.8 Å². The molecule has 0 aliphatic carbocycles. The minimum atomic E-state index is -0.269. The van der Waals surface area contributed by atoms with Crippen LogP contribution in [0.5, 0.6) is 5.75 Å². The van der Waals surface area contributed by atoms with E-state index < -0.39 is 0 Å². The SMILES string of the molecule is CCCOc1ccc(/C=N/NC(=O)c2cc3ccccc3n2C)cc1Cl. The van der Waals surface area contributed by atoms with Crippen LogP contribution in [-0.4, -0.2) is 23.3 Å². The summed E-state index contributed by atoms with van der Waals surface area (Å²) in [5.41, 5.74) is 4.87. The molecule has 0 unspecified atom stereocenters. The third-order valence-electron chi connectivity index (χ3n) is 3.98. The number of para-hydroxylation sites is 1. The predicted octanol–water partition coefficient (Wildman–Crippen LogP) is 4.38. The van der Waals surface area contributed by atoms with Gasteiger partial charge in [-0.15, -0.1) is 0 Å². The van der Waals surface area contributed by atoms with Gasteiger partial charge in [-0.2, -0.15) is 5.10 Å². The van der Waals surface area contributed by atoms with Crippen molar-refractivity contribution in [2.45, 2.75) is 13.3 Å². The van der Waals surface area contributed by atoms with Crippen LogP contribution in [0.4, 0.5) is 0 Å². The average Bonchev–Trinajstić information content (AvgIpc) is 2.98. The average molecular weight is 370 g/mol. The van der Waals surface area contributed by atoms with Crippen molar-refractivity contribution in [1.82, 2.24) is 9.99 Å². The molecule has 0 saturated heterocycles. The number of amides is 1. The summed E-state index contributed by atoms with van der Waals surface area (Å²) in [5, 5.41) is 5.55. The lowest BCUT2D eigenvalue weighted by atomic mass is 10.2. The molecule has 134 valence electrons. The van der Waals surface area contributed by atoms with Crippen molar-refractivity contribution >= 4 is 34.6 Å². The molecule has 6 heteroatoms. The van der Waals surface area contributed by atoms with Crippen LogP contribution in [0.25, 0.3) is 10.9 Å². The van der Waals surface area contributed by atoms with E-state index in [0.29, 0.717) is 23.1 Å². The molecule has 26 heavy (non-hydrogen) atoms. The minimum absolute atomic E-state index is 0.269. The lowest BCUT2D eigenvalue weighted by molar-refractivity contribution is 0.0947. The van der Waals surface area contributed by atoms with E-state index in [2.05, 4.69) is 10.5 Å². The van der Waals surface area contributed by atoms with Crippen molar-refractivity contribution in [2.75, 3.05) is 6.61 Å². The van der Waals surface area contributed by atoms with Gasteiger partial charge < -0.3 is 9.30 Å². The summed E-state index contributed by atoms with van der Waals surface area (Å²) >= 11 is 6.19. The van der Waals surface area contributed by atoms with Gasteiger partial charge in [0, 0.05) is 18.0 Å². The summed E-state index contributed by atoms with van der Waals surface area (Å²) in [6.45, 7) is 2.65. The van der Waals surface area contributed by atoms with Crippen LogP contribution in [0.1, 0.15) is 29.4 Å². The number of rotatable bonds is 6. The van der Waals surface area contributed by atoms with E-state index >= 15 is 0 Å². The van der Waals surface area contributed by atoms with Gasteiger partial charge in [0.25, 0.3) is 5.91 Å². The van der Waals surface area contributed by atoms with Crippen LogP contribution in [-0.2, 0) is 7.05 Å². The molecule has 0 aliphatic heterocycles. The van der Waals surface area contributed by atoms with Crippen LogP contribution < -0.4 is 10.2 Å². The fourth-order valence-corrected chi connectivity index (χ4v) is 2.90. The minimum Gasteiger partial charge on any atom is -0.492 e. The number of hydrazone groups is 1. The second-order valence-electron chi connectivity index (χ2n) is 5.88. The van der Waals surface area contributed by atoms with Gasteiger partial charge >= 0.3 is 0 Å². The molecular weight excluding hydrogens is 350 g/mol. The summed E-state index contributed by atoms with van der Waals surface area (Å²) in [6, 6.07) is 15.1. The second kappa shape index (κ2) is 8.06. The highest BCUT2D eigenvalue weighted by molar-refractivity contribution is 6.32. The Bertz CT molecular complexity index is 963. The molecule has 2 aromatic carbocycles. The fourth-order valence-electron chi connectivity index (χ4n) is 2.66. The molecule has 0 fully saturated rings. The van der Waals surface area contributed by atoms with E-state index in [1.165, 1.54) is 0 Å². The van der Waals surface area contributed by atoms with Crippen LogP contribution in [0.15, 0.2) is 53.6 Å². The number of aromatic nitrogens is 1. The van der Waals surface area contributed by atoms with Crippen molar-refractivity contribution in [3.63, 3.8) is 0 Å². The summed E-state index contributed by atoms with van der Waals surface area (Å²) < 4.78 is 7.38. The zero-order valence-corrected chi connectivity index (χ0v) is 15.5. The molecule has 1 aromatic heterocycles. The lowest BCUT2D eigenvalue weighted by Gasteiger charge is -2.07. The summed E-state index contributed by atoms with van der Waals surface area (Å²) in [6.07, 6.45) is 2.47. The first kappa shape index (κ1) is 18.0. The molecule has 0 bridgehead atoms. The topological polar surface area (TPSA) is 55.6 Å². The molecule has 3 rings (SSSR count). The summed E-state index contributed by atoms with van der Waals surface area (Å²) in [7, 11) is 1.86. The highest BCUT2D eigenvalue weighted by Crippen LogP contribution is 2.25. The first-order chi connectivity index (χ1) is 12.6. The Hall–Kier alpha value is -2.79. The Morgan fingerprint density at radius 2 is 2.08 bits per heavy atom. The molecule has 1 N–H and O–H groups in total. The maximum absolute atomic E-state index is 12.4. The van der Waals surface area contributed by atoms with Crippen molar-refractivity contribution in [3.8, 4) is 5.75 Å². The lowest BCUT2D eigenvalue weighted by Crippen LogP contribution is -2.20. The van der Waals surface area contributed by atoms with E-state index in [9.17, 15) is 4.79 Å². The molecule has 3 aromatic rings. The van der Waals surface area contributed by atoms with Gasteiger partial charge in [-0.1, -0.05) is 36.7 Å². The number of hydrogen-bond acceptors (Lipinski definition) is 3. The monoisotopic (exact) mass is 369 g/mol. The Morgan fingerprint density at radius 3 is 2.81 bits per heavy atom. The Labute approximate surface area is 157 Å². The van der Waals surface area contributed by atoms with E-state index in [-0.39, 0.29) is 5.91 Å². The first-order valence-corrected chi connectivity index (χ1v) is 8.78. The van der Waals surface area contributed by atoms with Crippen molar-refractivity contribution in [2.24, 2.45) is 12.1 Å². The number of nitrogens with one attached hydrogen (secondary N) is 1. The zero-order valence-electron chi connectivity index (χ0n) is 14.7. The number of carbonyl (C=O) groups is 1. The molecular formula is C20H20ClN3O2. The predicted molar refractivity (Wildman–Crippen MR) is 105 cm³/mol. The normalized spacial score (nSPS) is 11.2. The maximum Gasteiger partial charge on any atom is 0.287 e. The largest absolute Gasteiger partial charge is 0.492 e. The van der Waals surface area contributed by atoms with E-state index in [1.54, 1.807) is 18.3 Å². The van der Waals surface area contributed by atoms with E-state index in [4.69, 9.17) is 16.3 Å². The molecule has 0 atom stereocenters. The van der Waals surface area contributed by atoms with Gasteiger partial charge in [-0.3, -0.25) is 4.79 Å². The van der Waals surface area contributed by atoms with E-state index in [0.717, 1.165) is 22.9 Å². The Balaban J connectivity index is 1.68. The van der Waals surface area contributed by atoms with Gasteiger partial charge in [0.05, 0.1) is 17.8 Å². The molecule has 0 saturated carbocycles. The highest BCUT2D eigenvalue weighted by atomic mass is 35.5. The zero-order chi connectivity index (χ0) is 18.5. The molecule has 5 nitrogen and oxygen atoms in total. The number of nitrogens with zero attached hydrogens (tertiary/aromatic N) is 2. The Kier molecular flexibility index (Phi) is 5.58. The second-order valence-corrected chi connectivity index (χ2v) is 6.29. The number of fused-ring (bicyclic) bond motifs is 1. The summed E-state index contributed by atoms with van der Waals surface area (Å²) in [4.78, 5) is 12.4. The highest BCUT2D eigenvalue weighted by Gasteiger charge is 2.12. The Morgan fingerprint density at radius 1 is 1.27 bits per heavy atom. The molecule has 0 radical (unpaired) electrons. The quantitative estimate of drug-likeness (QED) is 0.517. The van der Waals surface area contributed by atoms with Crippen LogP contribution in [0.2, 0.25) is 5.02 Å². The number of halogens is 1. The smallest absolute Gasteiger partial charge is 0.287 e. The molecule has 0 aliphatic rings. The van der Waals surface area contributed by atoms with Crippen LogP contribution in [0, 0.1) is 0 Å². The van der Waals surface area contributed by atoms with Gasteiger partial charge in [-0.05, 0) is 42.3 Å². The van der Waals surface area contributed by atoms with Gasteiger partial charge in [0.15, 0.2) is 0 Å². The fraction of sp³-hybridized carbons (Fsp3) is 0.200. The number of aryl methyl sites for hydroxylation is 1. The standard InChI is InChI=1S/C20H20ClN3O2/c1-3-10-26-19-9-8-14(11-16(19)21)13-22-23-20(25)18-12-15-6-4-5-7-17(15)24(18)2/h4-9,11-13H,3,10H2,1-2H3,(H,23,25)/b22-13+. The van der Waals surface area contributed by atoms with Crippen molar-refractivity contribution in [1.29, 1.82) is 0 Å². The van der Waals surface area contributed by atoms with Gasteiger partial charge in [0.2, 0.25) is 0 Å². The third-order valence-corrected chi connectivity index (χ3v) is 4.28. The van der Waals surface area contributed by atoms with Crippen LogP contribution in [0.3, 0.4) is 0 Å². The molecule has 1 amide bonds. The molecule has 1 heterocycles. The third kappa shape index (κ3) is 3.89. The molecule has 0 spiro atoms. The van der Waals surface area contributed by atoms with Gasteiger partial charge in [-0.25, -0.2) is 5.43 Å². The summed E-state index contributed by atoms with van der Waals surface area (Å²) in [5.74, 6) is 0.374. The number of carbonyl (C=O) groups excluding carboxylic acids is 1. The number of hydrogen-bond donors (Lipinski definition) is 1. The first-order valence-electron chi connectivity index (χ1n) is 8.40. The van der Waals surface area contributed by atoms with Crippen LogP contribution >= 0.6 is 11.6 Å². The maximum atomic E-state index is 12.4. The number of ether oxygens (including phenoxy) is 1.